The average Bonchev–Trinajstić information content (AvgIpc) is 3.13. The van der Waals surface area contributed by atoms with E-state index in [0.29, 0.717) is 0 Å². The molecule has 20 heavy (non-hydrogen) atoms. The zero-order valence-corrected chi connectivity index (χ0v) is 11.8. The SMILES string of the molecule is CN1CC2CN(c3ccc(-c4cc[nH]c4)cn3)CC2C1. The fourth-order valence-corrected chi connectivity index (χ4v) is 3.66. The zero-order chi connectivity index (χ0) is 13.5. The van der Waals surface area contributed by atoms with E-state index in [1.165, 1.54) is 24.2 Å². The number of hydrogen-bond acceptors (Lipinski definition) is 3. The second-order valence-corrected chi connectivity index (χ2v) is 6.15. The van der Waals surface area contributed by atoms with E-state index in [1.807, 2.05) is 18.6 Å². The number of hydrogen-bond donors (Lipinski definition) is 1. The Labute approximate surface area is 119 Å². The second-order valence-electron chi connectivity index (χ2n) is 6.15. The lowest BCUT2D eigenvalue weighted by Crippen LogP contribution is -2.27. The van der Waals surface area contributed by atoms with Crippen molar-refractivity contribution in [1.29, 1.82) is 0 Å². The Kier molecular flexibility index (Phi) is 2.77. The summed E-state index contributed by atoms with van der Waals surface area (Å²) in [5.41, 5.74) is 2.37. The fraction of sp³-hybridized carbons (Fsp3) is 0.438. The quantitative estimate of drug-likeness (QED) is 0.905. The van der Waals surface area contributed by atoms with E-state index in [9.17, 15) is 0 Å². The van der Waals surface area contributed by atoms with Crippen LogP contribution in [0.3, 0.4) is 0 Å². The van der Waals surface area contributed by atoms with Gasteiger partial charge in [-0.15, -0.1) is 0 Å². The molecule has 2 aliphatic heterocycles. The molecule has 4 heteroatoms. The van der Waals surface area contributed by atoms with Crippen molar-refractivity contribution in [3.05, 3.63) is 36.8 Å². The minimum Gasteiger partial charge on any atom is -0.367 e. The Hall–Kier alpha value is -1.81. The molecule has 2 atom stereocenters. The van der Waals surface area contributed by atoms with E-state index in [-0.39, 0.29) is 0 Å². The topological polar surface area (TPSA) is 35.2 Å². The van der Waals surface area contributed by atoms with Crippen molar-refractivity contribution in [3.63, 3.8) is 0 Å². The van der Waals surface area contributed by atoms with Crippen molar-refractivity contribution in [2.45, 2.75) is 0 Å². The number of nitrogens with zero attached hydrogens (tertiary/aromatic N) is 3. The second kappa shape index (κ2) is 4.63. The first-order valence-corrected chi connectivity index (χ1v) is 7.32. The molecular weight excluding hydrogens is 248 g/mol. The Morgan fingerprint density at radius 2 is 1.85 bits per heavy atom. The van der Waals surface area contributed by atoms with Crippen molar-refractivity contribution >= 4 is 5.82 Å². The third-order valence-corrected chi connectivity index (χ3v) is 4.67. The summed E-state index contributed by atoms with van der Waals surface area (Å²) in [6.07, 6.45) is 5.94. The molecule has 4 nitrogen and oxygen atoms in total. The highest BCUT2D eigenvalue weighted by atomic mass is 15.3. The van der Waals surface area contributed by atoms with E-state index in [4.69, 9.17) is 0 Å². The zero-order valence-electron chi connectivity index (χ0n) is 11.8. The van der Waals surface area contributed by atoms with Gasteiger partial charge in [0.2, 0.25) is 0 Å². The first kappa shape index (κ1) is 12.0. The molecule has 0 spiro atoms. The van der Waals surface area contributed by atoms with Crippen LogP contribution in [0.2, 0.25) is 0 Å². The van der Waals surface area contributed by atoms with E-state index in [0.717, 1.165) is 30.7 Å². The van der Waals surface area contributed by atoms with Crippen LogP contribution in [0.1, 0.15) is 0 Å². The van der Waals surface area contributed by atoms with Crippen LogP contribution in [0, 0.1) is 11.8 Å². The van der Waals surface area contributed by atoms with Crippen molar-refractivity contribution in [2.75, 3.05) is 38.1 Å². The van der Waals surface area contributed by atoms with E-state index < -0.39 is 0 Å². The average molecular weight is 268 g/mol. The van der Waals surface area contributed by atoms with Gasteiger partial charge in [-0.2, -0.15) is 0 Å². The minimum absolute atomic E-state index is 0.825. The van der Waals surface area contributed by atoms with Gasteiger partial charge in [0.25, 0.3) is 0 Å². The van der Waals surface area contributed by atoms with Crippen molar-refractivity contribution in [3.8, 4) is 11.1 Å². The molecule has 4 heterocycles. The maximum absolute atomic E-state index is 4.66. The van der Waals surface area contributed by atoms with Gasteiger partial charge in [0, 0.05) is 55.9 Å². The van der Waals surface area contributed by atoms with Gasteiger partial charge in [-0.25, -0.2) is 4.98 Å². The number of fused-ring (bicyclic) bond motifs is 1. The summed E-state index contributed by atoms with van der Waals surface area (Å²) in [7, 11) is 2.23. The molecule has 0 aliphatic carbocycles. The molecule has 0 bridgehead atoms. The highest BCUT2D eigenvalue weighted by Crippen LogP contribution is 2.32. The Bertz CT molecular complexity index is 561. The number of rotatable bonds is 2. The molecule has 2 aliphatic rings. The number of aromatic amines is 1. The fourth-order valence-electron chi connectivity index (χ4n) is 3.66. The first-order valence-electron chi connectivity index (χ1n) is 7.32. The van der Waals surface area contributed by atoms with Crippen LogP contribution in [0.4, 0.5) is 5.82 Å². The summed E-state index contributed by atoms with van der Waals surface area (Å²) in [6.45, 7) is 4.79. The first-order chi connectivity index (χ1) is 9.79. The largest absolute Gasteiger partial charge is 0.367 e. The van der Waals surface area contributed by atoms with Gasteiger partial charge < -0.3 is 14.8 Å². The van der Waals surface area contributed by atoms with Gasteiger partial charge in [-0.05, 0) is 37.1 Å². The molecule has 0 aromatic carbocycles. The van der Waals surface area contributed by atoms with Crippen LogP contribution < -0.4 is 4.90 Å². The van der Waals surface area contributed by atoms with Crippen molar-refractivity contribution < 1.29 is 0 Å². The maximum Gasteiger partial charge on any atom is 0.128 e. The number of likely N-dealkylation sites (tertiary alicyclic amines) is 1. The number of pyridine rings is 1. The normalized spacial score (nSPS) is 26.1. The number of anilines is 1. The molecular formula is C16H20N4. The van der Waals surface area contributed by atoms with Crippen molar-refractivity contribution in [2.24, 2.45) is 11.8 Å². The minimum atomic E-state index is 0.825. The summed E-state index contributed by atoms with van der Waals surface area (Å²) in [4.78, 5) is 12.6. The van der Waals surface area contributed by atoms with Gasteiger partial charge >= 0.3 is 0 Å². The predicted octanol–water partition coefficient (Wildman–Crippen LogP) is 2.07. The molecule has 4 rings (SSSR count). The lowest BCUT2D eigenvalue weighted by atomic mass is 10.0. The summed E-state index contributed by atoms with van der Waals surface area (Å²) < 4.78 is 0. The summed E-state index contributed by atoms with van der Waals surface area (Å²) in [6, 6.07) is 6.41. The van der Waals surface area contributed by atoms with Gasteiger partial charge in [0.05, 0.1) is 0 Å². The Morgan fingerprint density at radius 3 is 2.45 bits per heavy atom. The van der Waals surface area contributed by atoms with Crippen LogP contribution in [-0.2, 0) is 0 Å². The maximum atomic E-state index is 4.66. The highest BCUT2D eigenvalue weighted by Gasteiger charge is 2.38. The number of aromatic nitrogens is 2. The molecule has 2 fully saturated rings. The van der Waals surface area contributed by atoms with Gasteiger partial charge in [0.15, 0.2) is 0 Å². The number of H-pyrrole nitrogens is 1. The van der Waals surface area contributed by atoms with Crippen LogP contribution in [0.5, 0.6) is 0 Å². The van der Waals surface area contributed by atoms with Crippen LogP contribution in [-0.4, -0.2) is 48.1 Å². The van der Waals surface area contributed by atoms with Crippen LogP contribution in [0.25, 0.3) is 11.1 Å². The third kappa shape index (κ3) is 2.00. The van der Waals surface area contributed by atoms with Crippen LogP contribution >= 0.6 is 0 Å². The molecule has 1 N–H and O–H groups in total. The summed E-state index contributed by atoms with van der Waals surface area (Å²) in [5, 5.41) is 0. The van der Waals surface area contributed by atoms with Gasteiger partial charge in [0.1, 0.15) is 5.82 Å². The van der Waals surface area contributed by atoms with E-state index in [1.54, 1.807) is 0 Å². The molecule has 0 saturated carbocycles. The lowest BCUT2D eigenvalue weighted by Gasteiger charge is -2.20. The molecule has 0 radical (unpaired) electrons. The Balaban J connectivity index is 1.50. The molecule has 2 unspecified atom stereocenters. The predicted molar refractivity (Wildman–Crippen MR) is 80.7 cm³/mol. The monoisotopic (exact) mass is 268 g/mol. The molecule has 0 amide bonds. The van der Waals surface area contributed by atoms with Gasteiger partial charge in [-0.3, -0.25) is 0 Å². The summed E-state index contributed by atoms with van der Waals surface area (Å²) in [5.74, 6) is 2.78. The van der Waals surface area contributed by atoms with Gasteiger partial charge in [-0.1, -0.05) is 0 Å². The van der Waals surface area contributed by atoms with E-state index in [2.05, 4.69) is 45.0 Å². The third-order valence-electron chi connectivity index (χ3n) is 4.67. The van der Waals surface area contributed by atoms with E-state index >= 15 is 0 Å². The highest BCUT2D eigenvalue weighted by molar-refractivity contribution is 5.63. The standard InChI is InChI=1S/C16H20N4/c1-19-8-14-10-20(11-15(14)9-19)16-3-2-12(7-18-16)13-4-5-17-6-13/h2-7,14-15,17H,8-11H2,1H3. The lowest BCUT2D eigenvalue weighted by molar-refractivity contribution is 0.387. The molecule has 2 aromatic rings. The summed E-state index contributed by atoms with van der Waals surface area (Å²) >= 11 is 0. The molecule has 104 valence electrons. The smallest absolute Gasteiger partial charge is 0.128 e. The Morgan fingerprint density at radius 1 is 1.05 bits per heavy atom. The van der Waals surface area contributed by atoms with Crippen molar-refractivity contribution in [1.82, 2.24) is 14.9 Å². The molecule has 2 aromatic heterocycles. The molecule has 2 saturated heterocycles. The van der Waals surface area contributed by atoms with Crippen LogP contribution in [0.15, 0.2) is 36.8 Å². The number of nitrogens with one attached hydrogen (secondary N) is 1.